The Morgan fingerprint density at radius 1 is 1.50 bits per heavy atom. The van der Waals surface area contributed by atoms with E-state index in [-0.39, 0.29) is 0 Å². The highest BCUT2D eigenvalue weighted by atomic mass is 79.9. The van der Waals surface area contributed by atoms with Gasteiger partial charge in [0.25, 0.3) is 0 Å². The Hall–Kier alpha value is -0.100. The number of nitrogens with zero attached hydrogens (tertiary/aromatic N) is 1. The summed E-state index contributed by atoms with van der Waals surface area (Å²) in [6, 6.07) is 1.90. The SMILES string of the molecule is Cc1sc(N)nc1-c1cc(Cl)c(Br)s1. The number of nitrogens with two attached hydrogens (primary N) is 1. The summed E-state index contributed by atoms with van der Waals surface area (Å²) in [4.78, 5) is 6.43. The maximum absolute atomic E-state index is 5.95. The van der Waals surface area contributed by atoms with Gasteiger partial charge in [-0.05, 0) is 28.9 Å². The van der Waals surface area contributed by atoms with Crippen molar-refractivity contribution >= 4 is 55.3 Å². The van der Waals surface area contributed by atoms with E-state index in [0.29, 0.717) is 5.13 Å². The Morgan fingerprint density at radius 3 is 2.64 bits per heavy atom. The van der Waals surface area contributed by atoms with E-state index in [2.05, 4.69) is 20.9 Å². The molecule has 2 rings (SSSR count). The maximum Gasteiger partial charge on any atom is 0.180 e. The Morgan fingerprint density at radius 2 is 2.21 bits per heavy atom. The van der Waals surface area contributed by atoms with Crippen molar-refractivity contribution in [1.82, 2.24) is 4.98 Å². The van der Waals surface area contributed by atoms with Gasteiger partial charge in [-0.1, -0.05) is 11.6 Å². The number of thiophene rings is 1. The zero-order valence-electron chi connectivity index (χ0n) is 7.17. The van der Waals surface area contributed by atoms with Gasteiger partial charge in [0.2, 0.25) is 0 Å². The van der Waals surface area contributed by atoms with Crippen molar-refractivity contribution in [2.24, 2.45) is 0 Å². The topological polar surface area (TPSA) is 38.9 Å². The molecule has 14 heavy (non-hydrogen) atoms. The molecule has 0 aliphatic rings. The van der Waals surface area contributed by atoms with E-state index in [1.54, 1.807) is 11.3 Å². The first-order chi connectivity index (χ1) is 6.58. The minimum atomic E-state index is 0.596. The highest BCUT2D eigenvalue weighted by molar-refractivity contribution is 9.11. The third-order valence-electron chi connectivity index (χ3n) is 1.69. The van der Waals surface area contributed by atoms with Gasteiger partial charge in [0.05, 0.1) is 19.4 Å². The van der Waals surface area contributed by atoms with Crippen LogP contribution in [0.25, 0.3) is 10.6 Å². The molecule has 0 bridgehead atoms. The van der Waals surface area contributed by atoms with Gasteiger partial charge in [0, 0.05) is 4.88 Å². The molecule has 0 aliphatic carbocycles. The summed E-state index contributed by atoms with van der Waals surface area (Å²) in [7, 11) is 0. The van der Waals surface area contributed by atoms with Gasteiger partial charge in [-0.2, -0.15) is 0 Å². The molecule has 2 aromatic heterocycles. The Labute approximate surface area is 103 Å². The summed E-state index contributed by atoms with van der Waals surface area (Å²) in [5, 5.41) is 1.31. The van der Waals surface area contributed by atoms with Crippen molar-refractivity contribution in [3.63, 3.8) is 0 Å². The average Bonchev–Trinajstić information content (AvgIpc) is 2.57. The standard InChI is InChI=1S/C8H6BrClN2S2/c1-3-6(12-8(11)13-3)5-2-4(10)7(9)14-5/h2H,1H3,(H2,11,12). The molecule has 0 atom stereocenters. The molecule has 0 amide bonds. The van der Waals surface area contributed by atoms with E-state index in [1.165, 1.54) is 11.3 Å². The van der Waals surface area contributed by atoms with Crippen molar-refractivity contribution in [3.8, 4) is 10.6 Å². The van der Waals surface area contributed by atoms with Crippen LogP contribution in [0.5, 0.6) is 0 Å². The molecule has 0 radical (unpaired) electrons. The molecule has 2 heterocycles. The largest absolute Gasteiger partial charge is 0.375 e. The summed E-state index contributed by atoms with van der Waals surface area (Å²) in [6.07, 6.45) is 0. The number of thiazole rings is 1. The number of rotatable bonds is 1. The summed E-state index contributed by atoms with van der Waals surface area (Å²) in [5.41, 5.74) is 6.56. The van der Waals surface area contributed by atoms with Crippen LogP contribution < -0.4 is 5.73 Å². The lowest BCUT2D eigenvalue weighted by Crippen LogP contribution is -1.81. The van der Waals surface area contributed by atoms with Crippen molar-refractivity contribution < 1.29 is 0 Å². The van der Waals surface area contributed by atoms with E-state index in [9.17, 15) is 0 Å². The van der Waals surface area contributed by atoms with Crippen LogP contribution in [-0.4, -0.2) is 4.98 Å². The highest BCUT2D eigenvalue weighted by Crippen LogP contribution is 2.40. The molecule has 0 spiro atoms. The lowest BCUT2D eigenvalue weighted by molar-refractivity contribution is 1.40. The number of hydrogen-bond acceptors (Lipinski definition) is 4. The molecular weight excluding hydrogens is 304 g/mol. The Kier molecular flexibility index (Phi) is 2.83. The first-order valence-electron chi connectivity index (χ1n) is 3.76. The van der Waals surface area contributed by atoms with Gasteiger partial charge in [-0.25, -0.2) is 4.98 Å². The molecule has 2 N–H and O–H groups in total. The fraction of sp³-hybridized carbons (Fsp3) is 0.125. The average molecular weight is 310 g/mol. The van der Waals surface area contributed by atoms with Gasteiger partial charge in [0.15, 0.2) is 5.13 Å². The first kappa shape index (κ1) is 10.4. The lowest BCUT2D eigenvalue weighted by Gasteiger charge is -1.90. The number of hydrogen-bond donors (Lipinski definition) is 1. The molecule has 2 aromatic rings. The number of aromatic nitrogens is 1. The first-order valence-corrected chi connectivity index (χ1v) is 6.56. The van der Waals surface area contributed by atoms with E-state index < -0.39 is 0 Å². The molecule has 6 heteroatoms. The highest BCUT2D eigenvalue weighted by Gasteiger charge is 2.12. The third-order valence-corrected chi connectivity index (χ3v) is 4.97. The van der Waals surface area contributed by atoms with Crippen molar-refractivity contribution in [1.29, 1.82) is 0 Å². The van der Waals surface area contributed by atoms with Crippen LogP contribution in [0.1, 0.15) is 4.88 Å². The summed E-state index contributed by atoms with van der Waals surface area (Å²) in [5.74, 6) is 0. The van der Waals surface area contributed by atoms with Crippen LogP contribution >= 0.6 is 50.2 Å². The molecule has 0 fully saturated rings. The van der Waals surface area contributed by atoms with Crippen molar-refractivity contribution in [2.45, 2.75) is 6.92 Å². The van der Waals surface area contributed by atoms with Crippen LogP contribution in [0.2, 0.25) is 5.02 Å². The molecule has 0 unspecified atom stereocenters. The van der Waals surface area contributed by atoms with Crippen LogP contribution in [0.15, 0.2) is 9.85 Å². The van der Waals surface area contributed by atoms with Gasteiger partial charge in [-0.15, -0.1) is 22.7 Å². The second kappa shape index (κ2) is 3.81. The summed E-state index contributed by atoms with van der Waals surface area (Å²) >= 11 is 12.4. The van der Waals surface area contributed by atoms with E-state index in [4.69, 9.17) is 17.3 Å². The van der Waals surface area contributed by atoms with Crippen LogP contribution in [-0.2, 0) is 0 Å². The van der Waals surface area contributed by atoms with Gasteiger partial charge in [-0.3, -0.25) is 0 Å². The minimum absolute atomic E-state index is 0.596. The normalized spacial score (nSPS) is 10.8. The second-order valence-corrected chi connectivity index (χ2v) is 6.70. The Bertz CT molecular complexity index is 458. The lowest BCUT2D eigenvalue weighted by atomic mass is 10.3. The molecule has 0 saturated carbocycles. The monoisotopic (exact) mass is 308 g/mol. The smallest absolute Gasteiger partial charge is 0.180 e. The maximum atomic E-state index is 5.95. The predicted octanol–water partition coefficient (Wildman–Crippen LogP) is 4.18. The van der Waals surface area contributed by atoms with Crippen molar-refractivity contribution in [3.05, 3.63) is 19.8 Å². The minimum Gasteiger partial charge on any atom is -0.375 e. The fourth-order valence-corrected chi connectivity index (χ4v) is 3.63. The van der Waals surface area contributed by atoms with Crippen molar-refractivity contribution in [2.75, 3.05) is 5.73 Å². The zero-order chi connectivity index (χ0) is 10.3. The molecule has 74 valence electrons. The molecule has 0 aromatic carbocycles. The molecular formula is C8H6BrClN2S2. The van der Waals surface area contributed by atoms with Crippen LogP contribution in [0.3, 0.4) is 0 Å². The summed E-state index contributed by atoms with van der Waals surface area (Å²) in [6.45, 7) is 2.00. The van der Waals surface area contributed by atoms with Gasteiger partial charge in [0.1, 0.15) is 0 Å². The molecule has 0 saturated heterocycles. The number of nitrogen functional groups attached to an aromatic ring is 1. The van der Waals surface area contributed by atoms with E-state index >= 15 is 0 Å². The van der Waals surface area contributed by atoms with Gasteiger partial charge >= 0.3 is 0 Å². The quantitative estimate of drug-likeness (QED) is 0.858. The van der Waals surface area contributed by atoms with E-state index in [0.717, 1.165) is 24.3 Å². The zero-order valence-corrected chi connectivity index (χ0v) is 11.1. The van der Waals surface area contributed by atoms with E-state index in [1.807, 2.05) is 13.0 Å². The number of anilines is 1. The van der Waals surface area contributed by atoms with Crippen LogP contribution in [0.4, 0.5) is 5.13 Å². The third kappa shape index (κ3) is 1.82. The molecule has 2 nitrogen and oxygen atoms in total. The summed E-state index contributed by atoms with van der Waals surface area (Å²) < 4.78 is 0.931. The predicted molar refractivity (Wildman–Crippen MR) is 67.3 cm³/mol. The second-order valence-electron chi connectivity index (χ2n) is 2.69. The number of aryl methyl sites for hydroxylation is 1. The number of halogens is 2. The molecule has 0 aliphatic heterocycles. The van der Waals surface area contributed by atoms with Gasteiger partial charge < -0.3 is 5.73 Å². The van der Waals surface area contributed by atoms with Crippen LogP contribution in [0, 0.1) is 6.92 Å². The fourth-order valence-electron chi connectivity index (χ4n) is 1.11. The Balaban J connectivity index is 2.54.